The van der Waals surface area contributed by atoms with Gasteiger partial charge in [-0.3, -0.25) is 4.79 Å². The molecule has 0 amide bonds. The van der Waals surface area contributed by atoms with E-state index >= 15 is 0 Å². The van der Waals surface area contributed by atoms with Gasteiger partial charge in [-0.1, -0.05) is 23.7 Å². The van der Waals surface area contributed by atoms with Gasteiger partial charge in [0.2, 0.25) is 5.78 Å². The van der Waals surface area contributed by atoms with Gasteiger partial charge >= 0.3 is 5.97 Å². The Labute approximate surface area is 154 Å². The van der Waals surface area contributed by atoms with Gasteiger partial charge in [0, 0.05) is 12.0 Å². The van der Waals surface area contributed by atoms with E-state index in [1.165, 1.54) is 0 Å². The molecule has 0 saturated heterocycles. The molecule has 0 spiro atoms. The number of ether oxygens (including phenoxy) is 3. The summed E-state index contributed by atoms with van der Waals surface area (Å²) in [6, 6.07) is 8.80. The van der Waals surface area contributed by atoms with Crippen molar-refractivity contribution in [3.8, 4) is 11.5 Å². The number of hydrogen-bond acceptors (Lipinski definition) is 6. The summed E-state index contributed by atoms with van der Waals surface area (Å²) in [5, 5.41) is 0. The SMILES string of the molecule is CC1(C)Cc2cccc(OCC(=O)OCC(=O)c3ccc(Cl)s3)c2O1. The van der Waals surface area contributed by atoms with Crippen molar-refractivity contribution in [1.29, 1.82) is 0 Å². The Morgan fingerprint density at radius 3 is 2.76 bits per heavy atom. The molecule has 5 nitrogen and oxygen atoms in total. The zero-order valence-corrected chi connectivity index (χ0v) is 15.4. The summed E-state index contributed by atoms with van der Waals surface area (Å²) in [5.41, 5.74) is 0.747. The van der Waals surface area contributed by atoms with Crippen LogP contribution in [0, 0.1) is 0 Å². The number of rotatable bonds is 6. The first-order valence-electron chi connectivity index (χ1n) is 7.72. The highest BCUT2D eigenvalue weighted by atomic mass is 35.5. The predicted octanol–water partition coefficient (Wildman–Crippen LogP) is 3.92. The van der Waals surface area contributed by atoms with Crippen LogP contribution < -0.4 is 9.47 Å². The average molecular weight is 381 g/mol. The summed E-state index contributed by atoms with van der Waals surface area (Å²) in [5.74, 6) is 0.239. The fourth-order valence-corrected chi connectivity index (χ4v) is 3.53. The van der Waals surface area contributed by atoms with Gasteiger partial charge in [0.15, 0.2) is 24.7 Å². The molecule has 0 unspecified atom stereocenters. The van der Waals surface area contributed by atoms with Gasteiger partial charge in [0.05, 0.1) is 9.21 Å². The molecule has 0 bridgehead atoms. The van der Waals surface area contributed by atoms with Gasteiger partial charge in [-0.05, 0) is 32.0 Å². The van der Waals surface area contributed by atoms with Gasteiger partial charge < -0.3 is 14.2 Å². The lowest BCUT2D eigenvalue weighted by atomic mass is 10.0. The lowest BCUT2D eigenvalue weighted by molar-refractivity contribution is -0.144. The van der Waals surface area contributed by atoms with Crippen LogP contribution in [0.5, 0.6) is 11.5 Å². The number of Topliss-reactive ketones (excluding diaryl/α,β-unsaturated/α-hetero) is 1. The maximum Gasteiger partial charge on any atom is 0.344 e. The summed E-state index contributed by atoms with van der Waals surface area (Å²) in [4.78, 5) is 24.2. The van der Waals surface area contributed by atoms with E-state index in [-0.39, 0.29) is 24.6 Å². The van der Waals surface area contributed by atoms with Crippen LogP contribution in [0.25, 0.3) is 0 Å². The maximum atomic E-state index is 11.9. The largest absolute Gasteiger partial charge is 0.483 e. The van der Waals surface area contributed by atoms with E-state index in [4.69, 9.17) is 25.8 Å². The highest BCUT2D eigenvalue weighted by Crippen LogP contribution is 2.41. The first-order valence-corrected chi connectivity index (χ1v) is 8.91. The van der Waals surface area contributed by atoms with Crippen molar-refractivity contribution >= 4 is 34.7 Å². The van der Waals surface area contributed by atoms with Crippen LogP contribution in [0.15, 0.2) is 30.3 Å². The lowest BCUT2D eigenvalue weighted by Crippen LogP contribution is -2.25. The van der Waals surface area contributed by atoms with E-state index in [1.54, 1.807) is 18.2 Å². The number of ketones is 1. The number of hydrogen-bond donors (Lipinski definition) is 0. The molecule has 7 heteroatoms. The van der Waals surface area contributed by atoms with Crippen LogP contribution in [0.4, 0.5) is 0 Å². The van der Waals surface area contributed by atoms with E-state index in [9.17, 15) is 9.59 Å². The molecule has 0 N–H and O–H groups in total. The van der Waals surface area contributed by atoms with E-state index in [0.717, 1.165) is 23.3 Å². The number of carbonyl (C=O) groups excluding carboxylic acids is 2. The molecule has 2 heterocycles. The second-order valence-corrected chi connectivity index (χ2v) is 7.97. The third kappa shape index (κ3) is 4.32. The molecule has 1 aromatic heterocycles. The number of fused-ring (bicyclic) bond motifs is 1. The van der Waals surface area contributed by atoms with Gasteiger partial charge in [-0.2, -0.15) is 0 Å². The number of halogens is 1. The molecule has 1 aliphatic rings. The van der Waals surface area contributed by atoms with Crippen molar-refractivity contribution in [1.82, 2.24) is 0 Å². The highest BCUT2D eigenvalue weighted by Gasteiger charge is 2.32. The molecule has 0 aliphatic carbocycles. The summed E-state index contributed by atoms with van der Waals surface area (Å²) in [6.45, 7) is 3.36. The second kappa shape index (κ2) is 7.06. The number of para-hydroxylation sites is 1. The molecule has 0 saturated carbocycles. The molecule has 25 heavy (non-hydrogen) atoms. The van der Waals surface area contributed by atoms with Crippen LogP contribution in [-0.2, 0) is 16.0 Å². The Kier molecular flexibility index (Phi) is 5.01. The minimum absolute atomic E-state index is 0.293. The fraction of sp³-hybridized carbons (Fsp3) is 0.333. The number of benzene rings is 1. The summed E-state index contributed by atoms with van der Waals surface area (Å²) >= 11 is 6.93. The van der Waals surface area contributed by atoms with Gasteiger partial charge in [0.25, 0.3) is 0 Å². The predicted molar refractivity (Wildman–Crippen MR) is 95.0 cm³/mol. The van der Waals surface area contributed by atoms with Gasteiger partial charge in [-0.15, -0.1) is 11.3 Å². The Balaban J connectivity index is 1.52. The van der Waals surface area contributed by atoms with Crippen molar-refractivity contribution < 1.29 is 23.8 Å². The average Bonchev–Trinajstić information content (AvgIpc) is 3.12. The van der Waals surface area contributed by atoms with Crippen LogP contribution in [0.1, 0.15) is 29.1 Å². The molecule has 3 rings (SSSR count). The lowest BCUT2D eigenvalue weighted by Gasteiger charge is -2.18. The monoisotopic (exact) mass is 380 g/mol. The topological polar surface area (TPSA) is 61.8 Å². The smallest absolute Gasteiger partial charge is 0.344 e. The molecular weight excluding hydrogens is 364 g/mol. The number of thiophene rings is 1. The molecule has 0 radical (unpaired) electrons. The second-order valence-electron chi connectivity index (χ2n) is 6.26. The van der Waals surface area contributed by atoms with E-state index in [2.05, 4.69) is 0 Å². The van der Waals surface area contributed by atoms with E-state index in [1.807, 2.05) is 26.0 Å². The number of esters is 1. The molecule has 0 atom stereocenters. The van der Waals surface area contributed by atoms with Crippen LogP contribution in [0.2, 0.25) is 4.34 Å². The van der Waals surface area contributed by atoms with Crippen LogP contribution >= 0.6 is 22.9 Å². The highest BCUT2D eigenvalue weighted by molar-refractivity contribution is 7.18. The van der Waals surface area contributed by atoms with Crippen molar-refractivity contribution in [2.24, 2.45) is 0 Å². The summed E-state index contributed by atoms with van der Waals surface area (Å²) in [6.07, 6.45) is 0.780. The Morgan fingerprint density at radius 1 is 1.24 bits per heavy atom. The molecule has 132 valence electrons. The molecule has 1 aliphatic heterocycles. The molecule has 1 aromatic carbocycles. The molecule has 0 fully saturated rings. The van der Waals surface area contributed by atoms with E-state index in [0.29, 0.717) is 20.7 Å². The molecule has 2 aromatic rings. The van der Waals surface area contributed by atoms with Crippen LogP contribution in [-0.4, -0.2) is 30.6 Å². The quantitative estimate of drug-likeness (QED) is 0.561. The fourth-order valence-electron chi connectivity index (χ4n) is 2.56. The number of carbonyl (C=O) groups is 2. The van der Waals surface area contributed by atoms with Crippen LogP contribution in [0.3, 0.4) is 0 Å². The maximum absolute atomic E-state index is 11.9. The Morgan fingerprint density at radius 2 is 2.04 bits per heavy atom. The standard InChI is InChI=1S/C18H17ClO5S/c1-18(2)8-11-4-3-5-13(17(11)24-18)22-10-16(21)23-9-12(20)14-6-7-15(19)25-14/h3-7H,8-10H2,1-2H3. The van der Waals surface area contributed by atoms with Crippen molar-refractivity contribution in [2.45, 2.75) is 25.9 Å². The Hall–Kier alpha value is -2.05. The Bertz CT molecular complexity index is 812. The van der Waals surface area contributed by atoms with Crippen molar-refractivity contribution in [3.05, 3.63) is 45.1 Å². The zero-order valence-electron chi connectivity index (χ0n) is 13.8. The summed E-state index contributed by atoms with van der Waals surface area (Å²) < 4.78 is 16.9. The normalized spacial score (nSPS) is 14.5. The van der Waals surface area contributed by atoms with Gasteiger partial charge in [-0.25, -0.2) is 4.79 Å². The first-order chi connectivity index (χ1) is 11.8. The minimum atomic E-state index is -0.620. The zero-order chi connectivity index (χ0) is 18.0. The third-order valence-corrected chi connectivity index (χ3v) is 4.88. The van der Waals surface area contributed by atoms with E-state index < -0.39 is 5.97 Å². The first kappa shape index (κ1) is 17.8. The van der Waals surface area contributed by atoms with Crippen molar-refractivity contribution in [3.63, 3.8) is 0 Å². The summed E-state index contributed by atoms with van der Waals surface area (Å²) in [7, 11) is 0. The molecular formula is C18H17ClO5S. The van der Waals surface area contributed by atoms with Gasteiger partial charge in [0.1, 0.15) is 5.60 Å². The third-order valence-electron chi connectivity index (χ3n) is 3.61. The minimum Gasteiger partial charge on any atom is -0.483 e. The van der Waals surface area contributed by atoms with Crippen molar-refractivity contribution in [2.75, 3.05) is 13.2 Å².